The zero-order valence-electron chi connectivity index (χ0n) is 14.8. The van der Waals surface area contributed by atoms with Crippen LogP contribution in [0.4, 0.5) is 10.1 Å². The Bertz CT molecular complexity index is 766. The van der Waals surface area contributed by atoms with Crippen LogP contribution in [-0.2, 0) is 0 Å². The number of hydrogen-bond acceptors (Lipinski definition) is 3. The molecule has 0 atom stereocenters. The van der Waals surface area contributed by atoms with Crippen LogP contribution >= 0.6 is 0 Å². The third kappa shape index (κ3) is 3.84. The Labute approximate surface area is 143 Å². The smallest absolute Gasteiger partial charge is 0.250 e. The number of carbonyl (C=O) groups is 1. The molecule has 0 bridgehead atoms. The molecule has 2 aromatic carbocycles. The summed E-state index contributed by atoms with van der Waals surface area (Å²) in [6.45, 7) is 10.8. The van der Waals surface area contributed by atoms with E-state index in [1.807, 2.05) is 6.07 Å². The minimum Gasteiger partial charge on any atom is -0.543 e. The van der Waals surface area contributed by atoms with Gasteiger partial charge in [-0.1, -0.05) is 32.9 Å². The number of rotatable bonds is 4. The summed E-state index contributed by atoms with van der Waals surface area (Å²) in [6.07, 6.45) is 0. The van der Waals surface area contributed by atoms with Crippen molar-refractivity contribution in [2.45, 2.75) is 38.9 Å². The Balaban J connectivity index is 2.32. The first-order valence-electron chi connectivity index (χ1n) is 7.90. The van der Waals surface area contributed by atoms with Crippen molar-refractivity contribution in [1.82, 2.24) is 0 Å². The van der Waals surface area contributed by atoms with Crippen molar-refractivity contribution in [3.63, 3.8) is 0 Å². The lowest BCUT2D eigenvalue weighted by atomic mass is 10.0. The molecule has 0 spiro atoms. The molecule has 2 N–H and O–H groups in total. The second-order valence-electron chi connectivity index (χ2n) is 7.45. The van der Waals surface area contributed by atoms with Crippen molar-refractivity contribution < 1.29 is 13.6 Å². The molecule has 128 valence electrons. The van der Waals surface area contributed by atoms with Crippen LogP contribution < -0.4 is 10.2 Å². The highest BCUT2D eigenvalue weighted by molar-refractivity contribution is 6.74. The van der Waals surface area contributed by atoms with Crippen LogP contribution in [0.25, 0.3) is 0 Å². The molecule has 0 fully saturated rings. The fraction of sp³-hybridized carbons (Fsp3) is 0.316. The number of ketones is 1. The molecular formula is C19H24FNO2Si. The first-order chi connectivity index (χ1) is 11.0. The summed E-state index contributed by atoms with van der Waals surface area (Å²) in [7, 11) is -1.99. The molecule has 0 amide bonds. The summed E-state index contributed by atoms with van der Waals surface area (Å²) in [5.41, 5.74) is 6.68. The lowest BCUT2D eigenvalue weighted by molar-refractivity contribution is 0.103. The molecule has 0 radical (unpaired) electrons. The number of anilines is 1. The quantitative estimate of drug-likeness (QED) is 0.481. The molecule has 0 saturated carbocycles. The van der Waals surface area contributed by atoms with Gasteiger partial charge in [-0.15, -0.1) is 0 Å². The van der Waals surface area contributed by atoms with Crippen molar-refractivity contribution in [2.75, 3.05) is 5.73 Å². The van der Waals surface area contributed by atoms with E-state index in [4.69, 9.17) is 10.2 Å². The third-order valence-corrected chi connectivity index (χ3v) is 8.89. The lowest BCUT2D eigenvalue weighted by Gasteiger charge is -2.36. The standard InChI is InChI=1S/C19H24FNO2Si/c1-19(2,3)24(4,5)23-15-8-6-7-13(11-15)18(22)16-10-9-14(20)12-17(16)21/h6-12H,21H2,1-5H3. The summed E-state index contributed by atoms with van der Waals surface area (Å²) in [6, 6.07) is 10.9. The lowest BCUT2D eigenvalue weighted by Crippen LogP contribution is -2.43. The number of carbonyl (C=O) groups excluding carboxylic acids is 1. The number of nitrogens with two attached hydrogens (primary N) is 1. The molecule has 5 heteroatoms. The first-order valence-corrected chi connectivity index (χ1v) is 10.8. The number of hydrogen-bond donors (Lipinski definition) is 1. The molecule has 0 aliphatic rings. The SMILES string of the molecule is CC(C)(C)[Si](C)(C)Oc1cccc(C(=O)c2ccc(F)cc2N)c1. The third-order valence-electron chi connectivity index (χ3n) is 4.53. The fourth-order valence-corrected chi connectivity index (χ4v) is 3.07. The van der Waals surface area contributed by atoms with Crippen molar-refractivity contribution in [3.05, 3.63) is 59.4 Å². The molecule has 3 nitrogen and oxygen atoms in total. The van der Waals surface area contributed by atoms with Gasteiger partial charge in [-0.25, -0.2) is 4.39 Å². The average molecular weight is 345 g/mol. The van der Waals surface area contributed by atoms with E-state index in [2.05, 4.69) is 33.9 Å². The van der Waals surface area contributed by atoms with Gasteiger partial charge in [0.15, 0.2) is 5.78 Å². The van der Waals surface area contributed by atoms with Gasteiger partial charge < -0.3 is 10.2 Å². The minimum absolute atomic E-state index is 0.0639. The van der Waals surface area contributed by atoms with Crippen LogP contribution in [0.3, 0.4) is 0 Å². The zero-order chi connectivity index (χ0) is 18.1. The van der Waals surface area contributed by atoms with Gasteiger partial charge in [0, 0.05) is 16.8 Å². The van der Waals surface area contributed by atoms with Crippen molar-refractivity contribution in [2.24, 2.45) is 0 Å². The Morgan fingerprint density at radius 2 is 1.79 bits per heavy atom. The Hall–Kier alpha value is -2.14. The average Bonchev–Trinajstić information content (AvgIpc) is 2.45. The van der Waals surface area contributed by atoms with Gasteiger partial charge in [-0.2, -0.15) is 0 Å². The second kappa shape index (κ2) is 6.40. The highest BCUT2D eigenvalue weighted by Crippen LogP contribution is 2.37. The summed E-state index contributed by atoms with van der Waals surface area (Å²) in [5, 5.41) is 0.0639. The van der Waals surface area contributed by atoms with Crippen LogP contribution in [0, 0.1) is 5.82 Å². The Kier molecular flexibility index (Phi) is 4.85. The van der Waals surface area contributed by atoms with Crippen LogP contribution in [0.5, 0.6) is 5.75 Å². The molecular weight excluding hydrogens is 321 g/mol. The molecule has 2 rings (SSSR count). The van der Waals surface area contributed by atoms with E-state index in [1.54, 1.807) is 18.2 Å². The molecule has 0 aliphatic carbocycles. The predicted molar refractivity (Wildman–Crippen MR) is 98.5 cm³/mol. The van der Waals surface area contributed by atoms with E-state index in [0.717, 1.165) is 6.07 Å². The zero-order valence-corrected chi connectivity index (χ0v) is 15.8. The molecule has 24 heavy (non-hydrogen) atoms. The number of halogens is 1. The molecule has 0 aromatic heterocycles. The van der Waals surface area contributed by atoms with Crippen LogP contribution in [-0.4, -0.2) is 14.1 Å². The molecule has 2 aromatic rings. The monoisotopic (exact) mass is 345 g/mol. The maximum atomic E-state index is 13.2. The minimum atomic E-state index is -1.99. The fourth-order valence-electron chi connectivity index (χ4n) is 2.04. The molecule has 0 unspecified atom stereocenters. The van der Waals surface area contributed by atoms with E-state index < -0.39 is 14.1 Å². The summed E-state index contributed by atoms with van der Waals surface area (Å²) < 4.78 is 19.4. The van der Waals surface area contributed by atoms with Gasteiger partial charge in [0.2, 0.25) is 8.32 Å². The summed E-state index contributed by atoms with van der Waals surface area (Å²) in [5.74, 6) is -0.0274. The predicted octanol–water partition coefficient (Wildman–Crippen LogP) is 5.02. The highest BCUT2D eigenvalue weighted by atomic mass is 28.4. The van der Waals surface area contributed by atoms with Gasteiger partial charge >= 0.3 is 0 Å². The van der Waals surface area contributed by atoms with Crippen LogP contribution in [0.1, 0.15) is 36.7 Å². The van der Waals surface area contributed by atoms with Gasteiger partial charge in [0.1, 0.15) is 11.6 Å². The summed E-state index contributed by atoms with van der Waals surface area (Å²) in [4.78, 5) is 12.6. The van der Waals surface area contributed by atoms with Crippen molar-refractivity contribution in [3.8, 4) is 5.75 Å². The van der Waals surface area contributed by atoms with E-state index in [-0.39, 0.29) is 16.5 Å². The largest absolute Gasteiger partial charge is 0.543 e. The highest BCUT2D eigenvalue weighted by Gasteiger charge is 2.39. The van der Waals surface area contributed by atoms with Gasteiger partial charge in [-0.3, -0.25) is 4.79 Å². The van der Waals surface area contributed by atoms with Crippen LogP contribution in [0.2, 0.25) is 18.1 Å². The Morgan fingerprint density at radius 3 is 2.38 bits per heavy atom. The van der Waals surface area contributed by atoms with Crippen LogP contribution in [0.15, 0.2) is 42.5 Å². The second-order valence-corrected chi connectivity index (χ2v) is 12.2. The van der Waals surface area contributed by atoms with E-state index >= 15 is 0 Å². The maximum Gasteiger partial charge on any atom is 0.250 e. The van der Waals surface area contributed by atoms with Gasteiger partial charge in [-0.05, 0) is 48.5 Å². The molecule has 0 aliphatic heterocycles. The molecule has 0 saturated heterocycles. The van der Waals surface area contributed by atoms with Crippen molar-refractivity contribution in [1.29, 1.82) is 0 Å². The number of nitrogen functional groups attached to an aromatic ring is 1. The van der Waals surface area contributed by atoms with E-state index in [0.29, 0.717) is 16.9 Å². The van der Waals surface area contributed by atoms with Crippen molar-refractivity contribution >= 4 is 19.8 Å². The van der Waals surface area contributed by atoms with Gasteiger partial charge in [0.25, 0.3) is 0 Å². The van der Waals surface area contributed by atoms with Gasteiger partial charge in [0.05, 0.1) is 0 Å². The molecule has 0 heterocycles. The normalized spacial score (nSPS) is 12.1. The topological polar surface area (TPSA) is 52.3 Å². The maximum absolute atomic E-state index is 13.2. The van der Waals surface area contributed by atoms with E-state index in [1.165, 1.54) is 12.1 Å². The Morgan fingerprint density at radius 1 is 1.12 bits per heavy atom. The number of benzene rings is 2. The summed E-state index contributed by atoms with van der Waals surface area (Å²) >= 11 is 0. The van der Waals surface area contributed by atoms with E-state index in [9.17, 15) is 9.18 Å². The first kappa shape index (κ1) is 18.2.